The number of ether oxygens (including phenoxy) is 2. The molecule has 0 atom stereocenters. The van der Waals surface area contributed by atoms with Crippen molar-refractivity contribution in [2.45, 2.75) is 19.3 Å². The molecular formula is C24H26ClN7O3. The predicted molar refractivity (Wildman–Crippen MR) is 132 cm³/mol. The van der Waals surface area contributed by atoms with E-state index in [2.05, 4.69) is 20.1 Å². The van der Waals surface area contributed by atoms with Gasteiger partial charge in [0.05, 0.1) is 17.0 Å². The highest BCUT2D eigenvalue weighted by Crippen LogP contribution is 2.41. The van der Waals surface area contributed by atoms with Crippen LogP contribution < -0.4 is 9.64 Å². The van der Waals surface area contributed by atoms with Crippen LogP contribution in [0.15, 0.2) is 30.6 Å². The van der Waals surface area contributed by atoms with Crippen LogP contribution in [0.1, 0.15) is 19.3 Å². The third kappa shape index (κ3) is 3.68. The van der Waals surface area contributed by atoms with Crippen LogP contribution in [-0.2, 0) is 4.74 Å². The lowest BCUT2D eigenvalue weighted by Crippen LogP contribution is -2.41. The Morgan fingerprint density at radius 1 is 1.26 bits per heavy atom. The van der Waals surface area contributed by atoms with Gasteiger partial charge in [-0.05, 0) is 30.7 Å². The number of rotatable bonds is 3. The third-order valence-electron chi connectivity index (χ3n) is 7.11. The van der Waals surface area contributed by atoms with Crippen molar-refractivity contribution in [3.05, 3.63) is 35.6 Å². The first-order valence-corrected chi connectivity index (χ1v) is 12.1. The molecule has 0 radical (unpaired) electrons. The Balaban J connectivity index is 1.39. The maximum atomic E-state index is 12.1. The molecule has 10 nitrogen and oxygen atoms in total. The highest BCUT2D eigenvalue weighted by Gasteiger charge is 2.39. The number of nitrogens with one attached hydrogen (secondary N) is 1. The van der Waals surface area contributed by atoms with E-state index in [0.717, 1.165) is 62.5 Å². The highest BCUT2D eigenvalue weighted by atomic mass is 35.5. The Morgan fingerprint density at radius 3 is 2.83 bits per heavy atom. The second-order valence-electron chi connectivity index (χ2n) is 9.50. The first kappa shape index (κ1) is 22.1. The number of fused-ring (bicyclic) bond motifs is 3. The molecule has 5 heterocycles. The largest absolute Gasteiger partial charge is 0.414 e. The predicted octanol–water partition coefficient (Wildman–Crippen LogP) is 3.99. The van der Waals surface area contributed by atoms with Gasteiger partial charge in [0, 0.05) is 51.7 Å². The molecule has 2 fully saturated rings. The average Bonchev–Trinajstić information content (AvgIpc) is 3.60. The molecule has 182 valence electrons. The fourth-order valence-corrected chi connectivity index (χ4v) is 5.28. The monoisotopic (exact) mass is 495 g/mol. The summed E-state index contributed by atoms with van der Waals surface area (Å²) in [4.78, 5) is 25.3. The van der Waals surface area contributed by atoms with Crippen LogP contribution in [0.25, 0.3) is 27.9 Å². The van der Waals surface area contributed by atoms with E-state index in [1.165, 1.54) is 4.90 Å². The van der Waals surface area contributed by atoms with E-state index < -0.39 is 6.09 Å². The minimum absolute atomic E-state index is 0.265. The first-order chi connectivity index (χ1) is 17.0. The number of hydrogen-bond donors (Lipinski definition) is 1. The second-order valence-corrected chi connectivity index (χ2v) is 9.88. The molecular weight excluding hydrogens is 470 g/mol. The van der Waals surface area contributed by atoms with Crippen molar-refractivity contribution in [2.24, 2.45) is 5.41 Å². The number of carbonyl (C=O) groups is 1. The quantitative estimate of drug-likeness (QED) is 0.458. The Bertz CT molecular complexity index is 1410. The van der Waals surface area contributed by atoms with Crippen molar-refractivity contribution in [1.29, 1.82) is 0 Å². The molecule has 11 heteroatoms. The lowest BCUT2D eigenvalue weighted by atomic mass is 9.78. The topological polar surface area (TPSA) is 101 Å². The molecule has 0 bridgehead atoms. The Morgan fingerprint density at radius 2 is 2.09 bits per heavy atom. The number of nitrogens with zero attached hydrogens (tertiary/aromatic N) is 6. The highest BCUT2D eigenvalue weighted by molar-refractivity contribution is 6.35. The van der Waals surface area contributed by atoms with Crippen molar-refractivity contribution < 1.29 is 14.3 Å². The van der Waals surface area contributed by atoms with Gasteiger partial charge in [-0.1, -0.05) is 23.7 Å². The van der Waals surface area contributed by atoms with Crippen LogP contribution in [0.3, 0.4) is 0 Å². The molecule has 1 spiro atoms. The fourth-order valence-electron chi connectivity index (χ4n) is 5.03. The number of H-pyrrole nitrogens is 1. The molecule has 1 aromatic carbocycles. The maximum Gasteiger partial charge on any atom is 0.414 e. The van der Waals surface area contributed by atoms with E-state index in [9.17, 15) is 4.79 Å². The molecule has 2 aliphatic heterocycles. The van der Waals surface area contributed by atoms with E-state index >= 15 is 0 Å². The number of anilines is 1. The van der Waals surface area contributed by atoms with Gasteiger partial charge in [-0.2, -0.15) is 10.1 Å². The van der Waals surface area contributed by atoms with Crippen LogP contribution >= 0.6 is 11.6 Å². The molecule has 2 saturated heterocycles. The number of piperidine rings is 1. The summed E-state index contributed by atoms with van der Waals surface area (Å²) in [5, 5.41) is 8.67. The van der Waals surface area contributed by atoms with E-state index in [-0.39, 0.29) is 5.75 Å². The smallest absolute Gasteiger partial charge is 0.409 e. The standard InChI is InChI=1S/C24H26ClN7O3/c1-30(2)23(33)35-16-5-3-4-15(18(16)25)19-17-20(29-28-19)27-22(32-12-9-26-21(17)32)31-10-6-24(7-11-31)8-13-34-14-24/h3-5,9,12H,6-8,10-11,13-14H2,1-2H3,(H,28,29). The number of carbonyl (C=O) groups excluding carboxylic acids is 1. The van der Waals surface area contributed by atoms with Gasteiger partial charge in [-0.25, -0.2) is 9.78 Å². The van der Waals surface area contributed by atoms with Gasteiger partial charge in [-0.15, -0.1) is 0 Å². The van der Waals surface area contributed by atoms with Crippen LogP contribution in [0.5, 0.6) is 5.75 Å². The number of aromatic amines is 1. The van der Waals surface area contributed by atoms with Crippen molar-refractivity contribution in [1.82, 2.24) is 29.5 Å². The molecule has 2 aliphatic rings. The van der Waals surface area contributed by atoms with Crippen LogP contribution in [-0.4, -0.2) is 76.0 Å². The van der Waals surface area contributed by atoms with E-state index in [1.54, 1.807) is 32.4 Å². The summed E-state index contributed by atoms with van der Waals surface area (Å²) in [6.45, 7) is 3.56. The number of halogens is 1. The van der Waals surface area contributed by atoms with Gasteiger partial charge in [0.25, 0.3) is 0 Å². The summed E-state index contributed by atoms with van der Waals surface area (Å²) in [5.74, 6) is 1.11. The second kappa shape index (κ2) is 8.39. The molecule has 0 unspecified atom stereocenters. The van der Waals surface area contributed by atoms with Crippen LogP contribution in [0.2, 0.25) is 5.02 Å². The Hall–Kier alpha value is -3.37. The molecule has 6 rings (SSSR count). The van der Waals surface area contributed by atoms with Gasteiger partial charge in [-0.3, -0.25) is 9.50 Å². The number of imidazole rings is 1. The van der Waals surface area contributed by atoms with E-state index in [4.69, 9.17) is 26.1 Å². The van der Waals surface area contributed by atoms with Crippen molar-refractivity contribution >= 4 is 40.3 Å². The maximum absolute atomic E-state index is 12.1. The summed E-state index contributed by atoms with van der Waals surface area (Å²) in [6, 6.07) is 5.27. The average molecular weight is 496 g/mol. The minimum Gasteiger partial charge on any atom is -0.409 e. The van der Waals surface area contributed by atoms with Gasteiger partial charge in [0.15, 0.2) is 17.0 Å². The first-order valence-electron chi connectivity index (χ1n) is 11.7. The molecule has 0 aliphatic carbocycles. The zero-order valence-electron chi connectivity index (χ0n) is 19.6. The van der Waals surface area contributed by atoms with E-state index in [1.807, 2.05) is 16.7 Å². The number of amides is 1. The minimum atomic E-state index is -0.509. The molecule has 1 amide bonds. The van der Waals surface area contributed by atoms with Crippen LogP contribution in [0, 0.1) is 5.41 Å². The molecule has 1 N–H and O–H groups in total. The lowest BCUT2D eigenvalue weighted by molar-refractivity contribution is 0.133. The summed E-state index contributed by atoms with van der Waals surface area (Å²) in [7, 11) is 3.23. The summed E-state index contributed by atoms with van der Waals surface area (Å²) in [5.41, 5.74) is 2.91. The van der Waals surface area contributed by atoms with Gasteiger partial charge in [0.1, 0.15) is 5.69 Å². The Labute approximate surface area is 206 Å². The number of benzene rings is 1. The molecule has 3 aromatic heterocycles. The van der Waals surface area contributed by atoms with Crippen LogP contribution in [0.4, 0.5) is 10.7 Å². The normalized spacial score (nSPS) is 17.5. The number of aromatic nitrogens is 5. The van der Waals surface area contributed by atoms with Gasteiger partial charge in [0.2, 0.25) is 5.95 Å². The summed E-state index contributed by atoms with van der Waals surface area (Å²) in [6.07, 6.45) is 6.50. The molecule has 35 heavy (non-hydrogen) atoms. The third-order valence-corrected chi connectivity index (χ3v) is 7.50. The molecule has 4 aromatic rings. The van der Waals surface area contributed by atoms with Crippen molar-refractivity contribution in [2.75, 3.05) is 45.3 Å². The zero-order valence-corrected chi connectivity index (χ0v) is 20.4. The van der Waals surface area contributed by atoms with Crippen molar-refractivity contribution in [3.8, 4) is 17.0 Å². The SMILES string of the molecule is CN(C)C(=O)Oc1cccc(-c2n[nH]c3nc(N4CCC5(CCOC5)CC4)n4ccnc4c23)c1Cl. The Kier molecular flexibility index (Phi) is 5.30. The summed E-state index contributed by atoms with van der Waals surface area (Å²) < 4.78 is 13.1. The van der Waals surface area contributed by atoms with Gasteiger partial charge >= 0.3 is 6.09 Å². The van der Waals surface area contributed by atoms with Crippen molar-refractivity contribution in [3.63, 3.8) is 0 Å². The zero-order chi connectivity index (χ0) is 24.2. The van der Waals surface area contributed by atoms with Gasteiger partial charge < -0.3 is 19.3 Å². The summed E-state index contributed by atoms with van der Waals surface area (Å²) >= 11 is 6.67. The lowest BCUT2D eigenvalue weighted by Gasteiger charge is -2.38. The fraction of sp³-hybridized carbons (Fsp3) is 0.417. The molecule has 0 saturated carbocycles. The van der Waals surface area contributed by atoms with E-state index in [0.29, 0.717) is 27.3 Å². The number of hydrogen-bond acceptors (Lipinski definition) is 7.